The monoisotopic (exact) mass is 498 g/mol. The van der Waals surface area contributed by atoms with Gasteiger partial charge < -0.3 is 9.41 Å². The first kappa shape index (κ1) is 24.3. The zero-order valence-corrected chi connectivity index (χ0v) is 22.1. The van der Waals surface area contributed by atoms with Crippen molar-refractivity contribution in [3.05, 3.63) is 80.9 Å². The molecule has 2 aliphatic carbocycles. The van der Waals surface area contributed by atoms with Gasteiger partial charge >= 0.3 is 182 Å². The van der Waals surface area contributed by atoms with Crippen molar-refractivity contribution in [1.29, 1.82) is 0 Å². The standard InChI is InChI=1S/2C13H15.C2H4.2FH.Zr/c2*1-9(2)12-6-4-5-11-7-10(3)8-13(11)12;1-2;;;/h2*4-9H,1-3H3;1-2H2;2*1H;/q;;;;;+2/p-2. The molecule has 3 heteroatoms. The number of benzene rings is 2. The quantitative estimate of drug-likeness (QED) is 0.607. The molecule has 0 spiro atoms. The maximum Gasteiger partial charge on any atom is -1.00 e. The van der Waals surface area contributed by atoms with E-state index >= 15 is 0 Å². The first-order chi connectivity index (χ1) is 13.8. The molecule has 0 N–H and O–H groups in total. The van der Waals surface area contributed by atoms with E-state index in [1.165, 1.54) is 0 Å². The molecule has 2 atom stereocenters. The zero-order valence-electron chi connectivity index (χ0n) is 19.6. The van der Waals surface area contributed by atoms with Crippen molar-refractivity contribution in [2.75, 3.05) is 0 Å². The fourth-order valence-corrected chi connectivity index (χ4v) is 24.3. The third kappa shape index (κ3) is 3.56. The summed E-state index contributed by atoms with van der Waals surface area (Å²) in [6, 6.07) is 14.3. The van der Waals surface area contributed by atoms with Crippen molar-refractivity contribution in [3.63, 3.8) is 0 Å². The summed E-state index contributed by atoms with van der Waals surface area (Å²) in [5.74, 6) is 1.20. The normalized spacial score (nSPS) is 21.3. The third-order valence-electron chi connectivity index (χ3n) is 7.85. The van der Waals surface area contributed by atoms with E-state index in [0.717, 1.165) is 7.25 Å². The van der Waals surface area contributed by atoms with E-state index in [1.807, 2.05) is 0 Å². The summed E-state index contributed by atoms with van der Waals surface area (Å²) < 4.78 is 4.66. The molecule has 2 aromatic carbocycles. The molecule has 2 unspecified atom stereocenters. The van der Waals surface area contributed by atoms with Crippen LogP contribution in [-0.2, 0) is 20.3 Å². The summed E-state index contributed by atoms with van der Waals surface area (Å²) in [6.07, 6.45) is 5.12. The van der Waals surface area contributed by atoms with E-state index in [0.29, 0.717) is 11.8 Å². The number of allylic oxidation sites excluding steroid dienone is 2. The van der Waals surface area contributed by atoms with Crippen molar-refractivity contribution in [3.8, 4) is 0 Å². The van der Waals surface area contributed by atoms with Crippen LogP contribution in [0.4, 0.5) is 0 Å². The van der Waals surface area contributed by atoms with E-state index in [2.05, 4.69) is 90.1 Å². The molecule has 1 heterocycles. The minimum absolute atomic E-state index is 0. The summed E-state index contributed by atoms with van der Waals surface area (Å²) in [6.45, 7) is 14.2. The van der Waals surface area contributed by atoms with Gasteiger partial charge in [0, 0.05) is 0 Å². The van der Waals surface area contributed by atoms with Crippen molar-refractivity contribution >= 4 is 12.2 Å². The van der Waals surface area contributed by atoms with E-state index < -0.39 is 20.3 Å². The molecule has 0 bridgehead atoms. The summed E-state index contributed by atoms with van der Waals surface area (Å²) >= 11 is -2.41. The zero-order chi connectivity index (χ0) is 20.5. The molecule has 0 radical (unpaired) electrons. The topological polar surface area (TPSA) is 0 Å². The first-order valence-corrected chi connectivity index (χ1v) is 17.8. The minimum Gasteiger partial charge on any atom is -1.00 e. The summed E-state index contributed by atoms with van der Waals surface area (Å²) in [5.41, 5.74) is 12.9. The molecule has 5 rings (SSSR count). The van der Waals surface area contributed by atoms with Gasteiger partial charge in [0.2, 0.25) is 0 Å². The van der Waals surface area contributed by atoms with Gasteiger partial charge in [0.25, 0.3) is 0 Å². The Bertz CT molecular complexity index is 975. The Balaban J connectivity index is 0.00000136. The first-order valence-electron chi connectivity index (χ1n) is 11.5. The van der Waals surface area contributed by atoms with Crippen LogP contribution in [-0.4, -0.2) is 0 Å². The maximum atomic E-state index is 2.56. The summed E-state index contributed by atoms with van der Waals surface area (Å²) in [7, 11) is 0. The van der Waals surface area contributed by atoms with Crippen LogP contribution in [0.5, 0.6) is 0 Å². The predicted octanol–water partition coefficient (Wildman–Crippen LogP) is 2.56. The van der Waals surface area contributed by atoms with Crippen LogP contribution in [0, 0.1) is 0 Å². The fraction of sp³-hybridized carbons (Fsp3) is 0.429. The van der Waals surface area contributed by atoms with Crippen molar-refractivity contribution in [2.45, 2.75) is 68.9 Å². The Morgan fingerprint density at radius 1 is 0.677 bits per heavy atom. The Kier molecular flexibility index (Phi) is 6.70. The van der Waals surface area contributed by atoms with Crippen LogP contribution in [0.25, 0.3) is 12.2 Å². The molecular formula is C28H34F2Zr. The van der Waals surface area contributed by atoms with Gasteiger partial charge in [-0.2, -0.15) is 0 Å². The fourth-order valence-electron chi connectivity index (χ4n) is 6.57. The van der Waals surface area contributed by atoms with E-state index in [4.69, 9.17) is 0 Å². The molecular weight excluding hydrogens is 466 g/mol. The van der Waals surface area contributed by atoms with E-state index in [1.54, 1.807) is 52.8 Å². The number of rotatable bonds is 4. The van der Waals surface area contributed by atoms with E-state index in [9.17, 15) is 0 Å². The minimum atomic E-state index is -2.41. The molecule has 0 nitrogen and oxygen atoms in total. The SMILES string of the molecule is CC1=Cc2c(C(C)C)cccc2[CH]1[Zr+2]1([CH]2C(C)=Cc3c(C(C)C)cccc32)[CH2][CH2]1.[F-].[F-]. The van der Waals surface area contributed by atoms with E-state index in [-0.39, 0.29) is 9.41 Å². The number of halogens is 2. The molecule has 0 amide bonds. The van der Waals surface area contributed by atoms with Gasteiger partial charge in [-0.1, -0.05) is 0 Å². The average Bonchev–Trinajstić information content (AvgIpc) is 3.25. The Morgan fingerprint density at radius 2 is 1.06 bits per heavy atom. The summed E-state index contributed by atoms with van der Waals surface area (Å²) in [4.78, 5) is 0. The molecule has 1 fully saturated rings. The van der Waals surface area contributed by atoms with Crippen LogP contribution in [0.2, 0.25) is 8.26 Å². The second-order valence-corrected chi connectivity index (χ2v) is 21.7. The average molecular weight is 500 g/mol. The van der Waals surface area contributed by atoms with Crippen molar-refractivity contribution in [2.24, 2.45) is 0 Å². The molecule has 3 aliphatic rings. The number of hydrogen-bond acceptors (Lipinski definition) is 0. The van der Waals surface area contributed by atoms with Crippen LogP contribution >= 0.6 is 0 Å². The predicted molar refractivity (Wildman–Crippen MR) is 123 cm³/mol. The smallest absolute Gasteiger partial charge is 1.00 e. The van der Waals surface area contributed by atoms with Crippen LogP contribution < -0.4 is 9.41 Å². The van der Waals surface area contributed by atoms with Gasteiger partial charge in [-0.3, -0.25) is 0 Å². The number of hydrogen-bond donors (Lipinski definition) is 0. The Hall–Kier alpha value is -1.34. The molecule has 0 saturated carbocycles. The van der Waals surface area contributed by atoms with Gasteiger partial charge in [-0.05, 0) is 0 Å². The number of fused-ring (bicyclic) bond motifs is 2. The van der Waals surface area contributed by atoms with Gasteiger partial charge in [0.15, 0.2) is 0 Å². The van der Waals surface area contributed by atoms with Crippen molar-refractivity contribution in [1.82, 2.24) is 0 Å². The van der Waals surface area contributed by atoms with Crippen LogP contribution in [0.15, 0.2) is 47.5 Å². The Labute approximate surface area is 191 Å². The van der Waals surface area contributed by atoms with Crippen molar-refractivity contribution < 1.29 is 29.7 Å². The molecule has 1 aliphatic heterocycles. The van der Waals surface area contributed by atoms with Crippen LogP contribution in [0.3, 0.4) is 0 Å². The van der Waals surface area contributed by atoms with Crippen LogP contribution in [0.1, 0.15) is 94.0 Å². The molecule has 31 heavy (non-hydrogen) atoms. The second kappa shape index (κ2) is 8.55. The van der Waals surface area contributed by atoms with Gasteiger partial charge in [0.05, 0.1) is 0 Å². The largest absolute Gasteiger partial charge is 1.00 e. The van der Waals surface area contributed by atoms with Gasteiger partial charge in [-0.25, -0.2) is 0 Å². The maximum absolute atomic E-state index is 2.56. The summed E-state index contributed by atoms with van der Waals surface area (Å²) in [5, 5.41) is 0. The van der Waals surface area contributed by atoms with Gasteiger partial charge in [0.1, 0.15) is 0 Å². The third-order valence-corrected chi connectivity index (χ3v) is 21.3. The Morgan fingerprint density at radius 3 is 1.39 bits per heavy atom. The molecule has 1 saturated heterocycles. The molecule has 0 aromatic heterocycles. The second-order valence-electron chi connectivity index (χ2n) is 10.4. The van der Waals surface area contributed by atoms with Gasteiger partial charge in [-0.15, -0.1) is 0 Å². The molecule has 164 valence electrons. The molecule has 2 aromatic rings.